The van der Waals surface area contributed by atoms with Crippen LogP contribution >= 0.6 is 0 Å². The fourth-order valence-electron chi connectivity index (χ4n) is 2.75. The van der Waals surface area contributed by atoms with Crippen LogP contribution < -0.4 is 20.3 Å². The van der Waals surface area contributed by atoms with Crippen molar-refractivity contribution in [1.82, 2.24) is 20.3 Å². The van der Waals surface area contributed by atoms with E-state index in [-0.39, 0.29) is 18.3 Å². The summed E-state index contributed by atoms with van der Waals surface area (Å²) >= 11 is 0. The molecular formula is C18H16N4O4. The van der Waals surface area contributed by atoms with Gasteiger partial charge in [-0.1, -0.05) is 23.4 Å². The van der Waals surface area contributed by atoms with Gasteiger partial charge in [0.2, 0.25) is 12.7 Å². The van der Waals surface area contributed by atoms with Crippen LogP contribution in [0.2, 0.25) is 0 Å². The number of rotatable bonds is 4. The first-order valence-corrected chi connectivity index (χ1v) is 8.14. The molecule has 1 aliphatic rings. The Bertz CT molecular complexity index is 1050. The molecule has 4 rings (SSSR count). The molecule has 26 heavy (non-hydrogen) atoms. The van der Waals surface area contributed by atoms with E-state index in [0.29, 0.717) is 28.9 Å². The average molecular weight is 352 g/mol. The molecule has 1 atom stereocenters. The second-order valence-corrected chi connectivity index (χ2v) is 5.94. The lowest BCUT2D eigenvalue weighted by molar-refractivity contribution is -0.124. The number of amides is 1. The molecule has 8 heteroatoms. The Hall–Kier alpha value is -3.42. The van der Waals surface area contributed by atoms with Crippen molar-refractivity contribution in [2.75, 3.05) is 6.79 Å². The van der Waals surface area contributed by atoms with Gasteiger partial charge in [-0.05, 0) is 36.8 Å². The molecule has 0 radical (unpaired) electrons. The molecule has 2 aromatic carbocycles. The van der Waals surface area contributed by atoms with Crippen LogP contribution in [-0.2, 0) is 11.3 Å². The van der Waals surface area contributed by atoms with E-state index >= 15 is 0 Å². The smallest absolute Gasteiger partial charge is 0.278 e. The number of aromatic nitrogens is 3. The zero-order valence-corrected chi connectivity index (χ0v) is 14.0. The highest BCUT2D eigenvalue weighted by molar-refractivity contribution is 5.81. The van der Waals surface area contributed by atoms with E-state index in [1.807, 2.05) is 12.1 Å². The van der Waals surface area contributed by atoms with Gasteiger partial charge in [0.15, 0.2) is 11.5 Å². The van der Waals surface area contributed by atoms with E-state index in [0.717, 1.165) is 10.2 Å². The van der Waals surface area contributed by atoms with E-state index in [1.54, 1.807) is 37.3 Å². The summed E-state index contributed by atoms with van der Waals surface area (Å²) in [5, 5.41) is 11.1. The molecule has 1 aliphatic heterocycles. The lowest BCUT2D eigenvalue weighted by Crippen LogP contribution is -2.37. The van der Waals surface area contributed by atoms with Crippen molar-refractivity contribution in [1.29, 1.82) is 0 Å². The number of benzene rings is 2. The molecule has 0 saturated carbocycles. The summed E-state index contributed by atoms with van der Waals surface area (Å²) in [4.78, 5) is 25.0. The molecule has 3 aromatic rings. The second kappa shape index (κ2) is 6.47. The number of nitrogens with zero attached hydrogens (tertiary/aromatic N) is 3. The number of hydrogen-bond acceptors (Lipinski definition) is 6. The number of carbonyl (C=O) groups excluding carboxylic acids is 1. The van der Waals surface area contributed by atoms with Crippen LogP contribution in [0.5, 0.6) is 11.5 Å². The van der Waals surface area contributed by atoms with Crippen molar-refractivity contribution in [2.45, 2.75) is 19.5 Å². The zero-order valence-electron chi connectivity index (χ0n) is 14.0. The summed E-state index contributed by atoms with van der Waals surface area (Å²) in [5.74, 6) is 1.02. The van der Waals surface area contributed by atoms with E-state index < -0.39 is 6.04 Å². The monoisotopic (exact) mass is 352 g/mol. The van der Waals surface area contributed by atoms with Gasteiger partial charge in [0.1, 0.15) is 11.6 Å². The highest BCUT2D eigenvalue weighted by atomic mass is 16.7. The normalized spacial score (nSPS) is 13.6. The molecule has 8 nitrogen and oxygen atoms in total. The van der Waals surface area contributed by atoms with Gasteiger partial charge in [-0.15, -0.1) is 5.10 Å². The fourth-order valence-corrected chi connectivity index (χ4v) is 2.75. The Kier molecular flexibility index (Phi) is 4.00. The number of fused-ring (bicyclic) bond motifs is 2. The Labute approximate surface area is 148 Å². The van der Waals surface area contributed by atoms with Crippen LogP contribution in [-0.4, -0.2) is 27.7 Å². The van der Waals surface area contributed by atoms with E-state index in [4.69, 9.17) is 9.47 Å². The van der Waals surface area contributed by atoms with E-state index in [9.17, 15) is 9.59 Å². The van der Waals surface area contributed by atoms with Gasteiger partial charge in [-0.3, -0.25) is 9.59 Å². The van der Waals surface area contributed by atoms with Crippen LogP contribution in [0, 0.1) is 0 Å². The lowest BCUT2D eigenvalue weighted by Gasteiger charge is -2.14. The molecule has 0 saturated heterocycles. The Morgan fingerprint density at radius 3 is 2.92 bits per heavy atom. The Morgan fingerprint density at radius 1 is 1.23 bits per heavy atom. The predicted octanol–water partition coefficient (Wildman–Crippen LogP) is 1.40. The fraction of sp³-hybridized carbons (Fsp3) is 0.222. The minimum atomic E-state index is -0.784. The van der Waals surface area contributed by atoms with Gasteiger partial charge in [0.25, 0.3) is 5.56 Å². The van der Waals surface area contributed by atoms with Crippen molar-refractivity contribution in [3.8, 4) is 11.5 Å². The summed E-state index contributed by atoms with van der Waals surface area (Å²) in [6.07, 6.45) is 0. The first-order chi connectivity index (χ1) is 12.6. The minimum Gasteiger partial charge on any atom is -0.454 e. The molecule has 2 heterocycles. The molecule has 0 spiro atoms. The quantitative estimate of drug-likeness (QED) is 0.762. The van der Waals surface area contributed by atoms with Crippen molar-refractivity contribution < 1.29 is 14.3 Å². The summed E-state index contributed by atoms with van der Waals surface area (Å²) < 4.78 is 11.7. The highest BCUT2D eigenvalue weighted by Crippen LogP contribution is 2.32. The molecule has 0 aliphatic carbocycles. The molecular weight excluding hydrogens is 336 g/mol. The van der Waals surface area contributed by atoms with Gasteiger partial charge in [-0.2, -0.15) is 4.68 Å². The van der Waals surface area contributed by atoms with Crippen molar-refractivity contribution in [3.05, 3.63) is 58.4 Å². The van der Waals surface area contributed by atoms with Crippen LogP contribution in [0.4, 0.5) is 0 Å². The number of nitrogens with one attached hydrogen (secondary N) is 1. The van der Waals surface area contributed by atoms with Crippen LogP contribution in [0.1, 0.15) is 18.5 Å². The predicted molar refractivity (Wildman–Crippen MR) is 92.9 cm³/mol. The molecule has 0 bridgehead atoms. The van der Waals surface area contributed by atoms with Crippen LogP contribution in [0.3, 0.4) is 0 Å². The average Bonchev–Trinajstić information content (AvgIpc) is 3.14. The van der Waals surface area contributed by atoms with Crippen molar-refractivity contribution in [3.63, 3.8) is 0 Å². The second-order valence-electron chi connectivity index (χ2n) is 5.94. The van der Waals surface area contributed by atoms with E-state index in [2.05, 4.69) is 15.6 Å². The largest absolute Gasteiger partial charge is 0.454 e. The lowest BCUT2D eigenvalue weighted by atomic mass is 10.2. The summed E-state index contributed by atoms with van der Waals surface area (Å²) in [5.41, 5.74) is 1.02. The molecule has 0 unspecified atom stereocenters. The summed E-state index contributed by atoms with van der Waals surface area (Å²) in [7, 11) is 0. The standard InChI is InChI=1S/C18H16N4O4/c1-11(22-18(24)13-4-2-3-5-14(13)20-21-22)17(23)19-9-12-6-7-15-16(8-12)26-10-25-15/h2-8,11H,9-10H2,1H3,(H,19,23)/t11-/m0/s1. The van der Waals surface area contributed by atoms with Gasteiger partial charge in [0.05, 0.1) is 5.39 Å². The molecule has 1 aromatic heterocycles. The van der Waals surface area contributed by atoms with Crippen LogP contribution in [0.15, 0.2) is 47.3 Å². The number of ether oxygens (including phenoxy) is 2. The maximum Gasteiger partial charge on any atom is 0.278 e. The molecule has 1 N–H and O–H groups in total. The molecule has 1 amide bonds. The van der Waals surface area contributed by atoms with Gasteiger partial charge < -0.3 is 14.8 Å². The van der Waals surface area contributed by atoms with E-state index in [1.165, 1.54) is 0 Å². The first kappa shape index (κ1) is 16.1. The summed E-state index contributed by atoms with van der Waals surface area (Å²) in [6.45, 7) is 2.11. The maximum absolute atomic E-state index is 12.5. The van der Waals surface area contributed by atoms with Crippen molar-refractivity contribution in [2.24, 2.45) is 0 Å². The van der Waals surface area contributed by atoms with Gasteiger partial charge in [-0.25, -0.2) is 0 Å². The molecule has 0 fully saturated rings. The van der Waals surface area contributed by atoms with Crippen LogP contribution in [0.25, 0.3) is 10.9 Å². The summed E-state index contributed by atoms with van der Waals surface area (Å²) in [6, 6.07) is 11.6. The SMILES string of the molecule is C[C@@H](C(=O)NCc1ccc2c(c1)OCO2)n1nnc2ccccc2c1=O. The zero-order chi connectivity index (χ0) is 18.1. The van der Waals surface area contributed by atoms with Crippen molar-refractivity contribution >= 4 is 16.8 Å². The van der Waals surface area contributed by atoms with Gasteiger partial charge >= 0.3 is 0 Å². The van der Waals surface area contributed by atoms with Gasteiger partial charge in [0, 0.05) is 6.54 Å². The number of carbonyl (C=O) groups is 1. The minimum absolute atomic E-state index is 0.200. The first-order valence-electron chi connectivity index (χ1n) is 8.14. The third-order valence-corrected chi connectivity index (χ3v) is 4.24. The highest BCUT2D eigenvalue weighted by Gasteiger charge is 2.19. The molecule has 132 valence electrons. The third-order valence-electron chi connectivity index (χ3n) is 4.24. The topological polar surface area (TPSA) is 95.3 Å². The Balaban J connectivity index is 1.50. The maximum atomic E-state index is 12.5. The third kappa shape index (κ3) is 2.85. The Morgan fingerprint density at radius 2 is 2.04 bits per heavy atom. The number of hydrogen-bond donors (Lipinski definition) is 1.